The molecule has 5 heteroatoms. The van der Waals surface area contributed by atoms with Gasteiger partial charge in [0.25, 0.3) is 0 Å². The minimum Gasteiger partial charge on any atom is -0.220 e. The summed E-state index contributed by atoms with van der Waals surface area (Å²) >= 11 is 16.0. The molecule has 0 saturated carbocycles. The lowest BCUT2D eigenvalue weighted by atomic mass is 10.1. The maximum atomic E-state index is 6.27. The highest BCUT2D eigenvalue weighted by molar-refractivity contribution is 9.10. The van der Waals surface area contributed by atoms with E-state index in [9.17, 15) is 0 Å². The molecule has 0 amide bonds. The summed E-state index contributed by atoms with van der Waals surface area (Å²) in [5.41, 5.74) is 1.57. The van der Waals surface area contributed by atoms with Crippen LogP contribution in [-0.4, -0.2) is 9.97 Å². The molecule has 2 nitrogen and oxygen atoms in total. The number of nitrogens with zero attached hydrogens (tertiary/aromatic N) is 2. The van der Waals surface area contributed by atoms with Crippen molar-refractivity contribution < 1.29 is 0 Å². The number of aromatic nitrogens is 2. The minimum atomic E-state index is 0.391. The lowest BCUT2D eigenvalue weighted by Crippen LogP contribution is -2.03. The zero-order chi connectivity index (χ0) is 14.0. The minimum absolute atomic E-state index is 0.391. The molecule has 0 aliphatic rings. The van der Waals surface area contributed by atoms with E-state index in [1.807, 2.05) is 24.3 Å². The maximum Gasteiger partial charge on any atom is 0.142 e. The van der Waals surface area contributed by atoms with E-state index in [1.165, 1.54) is 0 Å². The normalized spacial score (nSPS) is 11.1. The van der Waals surface area contributed by atoms with Crippen molar-refractivity contribution in [2.75, 3.05) is 0 Å². The lowest BCUT2D eigenvalue weighted by Gasteiger charge is -2.11. The van der Waals surface area contributed by atoms with E-state index in [4.69, 9.17) is 23.2 Å². The Bertz CT molecular complexity index is 577. The molecule has 0 unspecified atom stereocenters. The fraction of sp³-hybridized carbons (Fsp3) is 0.286. The Morgan fingerprint density at radius 3 is 2.21 bits per heavy atom. The van der Waals surface area contributed by atoms with Crippen LogP contribution in [0.15, 0.2) is 28.7 Å². The molecule has 1 heterocycles. The van der Waals surface area contributed by atoms with E-state index in [1.54, 1.807) is 0 Å². The number of rotatable bonds is 3. The fourth-order valence-corrected chi connectivity index (χ4v) is 2.90. The first-order valence-corrected chi connectivity index (χ1v) is 7.50. The van der Waals surface area contributed by atoms with Gasteiger partial charge in [-0.15, -0.1) is 0 Å². The van der Waals surface area contributed by atoms with E-state index < -0.39 is 0 Å². The van der Waals surface area contributed by atoms with E-state index in [2.05, 4.69) is 39.7 Å². The average molecular weight is 360 g/mol. The maximum absolute atomic E-state index is 6.27. The van der Waals surface area contributed by atoms with Crippen molar-refractivity contribution in [3.8, 4) is 11.1 Å². The predicted octanol–water partition coefficient (Wildman–Crippen LogP) is 5.41. The number of hydrogen-bond acceptors (Lipinski definition) is 2. The number of benzene rings is 1. The molecular weight excluding hydrogens is 347 g/mol. The Kier molecular flexibility index (Phi) is 4.82. The summed E-state index contributed by atoms with van der Waals surface area (Å²) in [6.45, 7) is 4.21. The molecule has 1 aromatic heterocycles. The zero-order valence-electron chi connectivity index (χ0n) is 10.6. The molecule has 2 aromatic rings. The van der Waals surface area contributed by atoms with Gasteiger partial charge in [-0.25, -0.2) is 9.97 Å². The van der Waals surface area contributed by atoms with Crippen molar-refractivity contribution in [3.63, 3.8) is 0 Å². The molecule has 0 aliphatic carbocycles. The summed E-state index contributed by atoms with van der Waals surface area (Å²) < 4.78 is 0.916. The zero-order valence-corrected chi connectivity index (χ0v) is 13.7. The molecule has 0 bridgehead atoms. The third-order valence-electron chi connectivity index (χ3n) is 2.60. The van der Waals surface area contributed by atoms with Gasteiger partial charge in [-0.2, -0.15) is 0 Å². The van der Waals surface area contributed by atoms with Gasteiger partial charge in [0.2, 0.25) is 0 Å². The Morgan fingerprint density at radius 2 is 1.68 bits per heavy atom. The molecule has 0 atom stereocenters. The van der Waals surface area contributed by atoms with E-state index in [-0.39, 0.29) is 0 Å². The number of hydrogen-bond donors (Lipinski definition) is 0. The van der Waals surface area contributed by atoms with Gasteiger partial charge in [-0.1, -0.05) is 71.2 Å². The summed E-state index contributed by atoms with van der Waals surface area (Å²) in [7, 11) is 0. The van der Waals surface area contributed by atoms with Crippen LogP contribution in [-0.2, 0) is 6.42 Å². The van der Waals surface area contributed by atoms with Crippen LogP contribution in [0.3, 0.4) is 0 Å². The first kappa shape index (κ1) is 14.8. The van der Waals surface area contributed by atoms with Crippen LogP contribution in [0.5, 0.6) is 0 Å². The highest BCUT2D eigenvalue weighted by atomic mass is 79.9. The van der Waals surface area contributed by atoms with Crippen LogP contribution < -0.4 is 0 Å². The van der Waals surface area contributed by atoms with Crippen molar-refractivity contribution in [2.45, 2.75) is 20.3 Å². The largest absolute Gasteiger partial charge is 0.220 e. The molecule has 0 N–H and O–H groups in total. The lowest BCUT2D eigenvalue weighted by molar-refractivity contribution is 0.621. The second-order valence-corrected chi connectivity index (χ2v) is 6.24. The van der Waals surface area contributed by atoms with Gasteiger partial charge in [0.15, 0.2) is 0 Å². The van der Waals surface area contributed by atoms with Crippen molar-refractivity contribution >= 4 is 39.1 Å². The van der Waals surface area contributed by atoms with Crippen LogP contribution in [0.2, 0.25) is 10.3 Å². The summed E-state index contributed by atoms with van der Waals surface area (Å²) in [4.78, 5) is 8.68. The molecule has 0 saturated heterocycles. The van der Waals surface area contributed by atoms with Crippen LogP contribution in [0, 0.1) is 5.92 Å². The Labute approximate surface area is 131 Å². The van der Waals surface area contributed by atoms with Gasteiger partial charge in [0, 0.05) is 16.5 Å². The molecule has 2 rings (SSSR count). The van der Waals surface area contributed by atoms with Gasteiger partial charge < -0.3 is 0 Å². The summed E-state index contributed by atoms with van der Waals surface area (Å²) in [6.07, 6.45) is 0.760. The summed E-state index contributed by atoms with van der Waals surface area (Å²) in [6, 6.07) is 7.73. The van der Waals surface area contributed by atoms with Gasteiger partial charge in [0.05, 0.1) is 5.56 Å². The second kappa shape index (κ2) is 6.21. The molecule has 1 aromatic carbocycles. The second-order valence-electron chi connectivity index (χ2n) is 4.67. The highest BCUT2D eigenvalue weighted by Gasteiger charge is 2.16. The molecule has 100 valence electrons. The molecule has 0 spiro atoms. The van der Waals surface area contributed by atoms with Crippen molar-refractivity contribution in [1.29, 1.82) is 0 Å². The predicted molar refractivity (Wildman–Crippen MR) is 83.7 cm³/mol. The highest BCUT2D eigenvalue weighted by Crippen LogP contribution is 2.36. The molecule has 0 radical (unpaired) electrons. The monoisotopic (exact) mass is 358 g/mol. The smallest absolute Gasteiger partial charge is 0.142 e. The third-order valence-corrected chi connectivity index (χ3v) is 3.84. The topological polar surface area (TPSA) is 25.8 Å². The standard InChI is InChI=1S/C14H13BrCl2N2/c1-8(2)7-11-18-13(16)12(14(17)19-11)9-5-3-4-6-10(9)15/h3-6,8H,7H2,1-2H3. The summed E-state index contributed by atoms with van der Waals surface area (Å²) in [5, 5.41) is 0.783. The fourth-order valence-electron chi connectivity index (χ4n) is 1.79. The molecule has 0 aliphatic heterocycles. The Hall–Kier alpha value is -0.640. The Morgan fingerprint density at radius 1 is 1.11 bits per heavy atom. The van der Waals surface area contributed by atoms with Crippen molar-refractivity contribution in [1.82, 2.24) is 9.97 Å². The first-order chi connectivity index (χ1) is 8.99. The van der Waals surface area contributed by atoms with Crippen molar-refractivity contribution in [3.05, 3.63) is 44.9 Å². The van der Waals surface area contributed by atoms with Crippen LogP contribution >= 0.6 is 39.1 Å². The number of halogens is 3. The molecule has 0 fully saturated rings. The van der Waals surface area contributed by atoms with Gasteiger partial charge in [-0.05, 0) is 12.0 Å². The quantitative estimate of drug-likeness (QED) is 0.684. The van der Waals surface area contributed by atoms with E-state index in [0.717, 1.165) is 16.5 Å². The molecule has 19 heavy (non-hydrogen) atoms. The van der Waals surface area contributed by atoms with Gasteiger partial charge in [-0.3, -0.25) is 0 Å². The van der Waals surface area contributed by atoms with Gasteiger partial charge >= 0.3 is 0 Å². The van der Waals surface area contributed by atoms with Crippen LogP contribution in [0.25, 0.3) is 11.1 Å². The average Bonchev–Trinajstić information content (AvgIpc) is 2.29. The summed E-state index contributed by atoms with van der Waals surface area (Å²) in [5.74, 6) is 1.14. The van der Waals surface area contributed by atoms with Crippen LogP contribution in [0.4, 0.5) is 0 Å². The van der Waals surface area contributed by atoms with Gasteiger partial charge in [0.1, 0.15) is 16.1 Å². The third kappa shape index (κ3) is 3.47. The van der Waals surface area contributed by atoms with Crippen molar-refractivity contribution in [2.24, 2.45) is 5.92 Å². The SMILES string of the molecule is CC(C)Cc1nc(Cl)c(-c2ccccc2Br)c(Cl)n1. The first-order valence-electron chi connectivity index (χ1n) is 5.96. The van der Waals surface area contributed by atoms with Crippen LogP contribution in [0.1, 0.15) is 19.7 Å². The Balaban J connectivity index is 2.51. The van der Waals surface area contributed by atoms with E-state index in [0.29, 0.717) is 27.6 Å². The van der Waals surface area contributed by atoms with E-state index >= 15 is 0 Å². The molecular formula is C14H13BrCl2N2.